The fourth-order valence-corrected chi connectivity index (χ4v) is 4.81. The van der Waals surface area contributed by atoms with Gasteiger partial charge in [0.15, 0.2) is 0 Å². The summed E-state index contributed by atoms with van der Waals surface area (Å²) < 4.78 is 5.44. The topological polar surface area (TPSA) is 86.7 Å². The van der Waals surface area contributed by atoms with Crippen LogP contribution in [-0.2, 0) is 9.53 Å². The zero-order valence-corrected chi connectivity index (χ0v) is 16.4. The summed E-state index contributed by atoms with van der Waals surface area (Å²) in [5.41, 5.74) is 2.99. The van der Waals surface area contributed by atoms with Gasteiger partial charge in [-0.1, -0.05) is 11.6 Å². The van der Waals surface area contributed by atoms with Crippen LogP contribution in [0.3, 0.4) is 0 Å². The number of H-pyrrole nitrogens is 1. The molecule has 0 aliphatic carbocycles. The number of benzene rings is 1. The van der Waals surface area contributed by atoms with E-state index in [1.807, 2.05) is 12.1 Å². The van der Waals surface area contributed by atoms with E-state index in [0.29, 0.717) is 17.5 Å². The number of rotatable bonds is 6. The van der Waals surface area contributed by atoms with E-state index >= 15 is 0 Å². The average Bonchev–Trinajstić information content (AvgIpc) is 3.27. The quantitative estimate of drug-likeness (QED) is 0.669. The maximum Gasteiger partial charge on any atom is 0.303 e. The van der Waals surface area contributed by atoms with Gasteiger partial charge in [0.1, 0.15) is 5.04 Å². The summed E-state index contributed by atoms with van der Waals surface area (Å²) in [5.74, 6) is 0.0547. The van der Waals surface area contributed by atoms with Crippen LogP contribution in [0.1, 0.15) is 31.4 Å². The van der Waals surface area contributed by atoms with Crippen LogP contribution in [-0.4, -0.2) is 52.2 Å². The van der Waals surface area contributed by atoms with E-state index in [0.717, 1.165) is 59.1 Å². The smallest absolute Gasteiger partial charge is 0.303 e. The second-order valence-corrected chi connectivity index (χ2v) is 8.41. The highest BCUT2D eigenvalue weighted by atomic mass is 35.5. The molecular formula is C19H22ClN3O3S. The lowest BCUT2D eigenvalue weighted by Crippen LogP contribution is -2.27. The average molecular weight is 408 g/mol. The summed E-state index contributed by atoms with van der Waals surface area (Å²) in [4.78, 5) is 19.0. The molecule has 1 atom stereocenters. The van der Waals surface area contributed by atoms with E-state index in [9.17, 15) is 4.79 Å². The minimum Gasteiger partial charge on any atom is -0.481 e. The first-order valence-electron chi connectivity index (χ1n) is 9.18. The van der Waals surface area contributed by atoms with Gasteiger partial charge >= 0.3 is 5.97 Å². The molecule has 27 heavy (non-hydrogen) atoms. The molecule has 2 aromatic rings. The first-order chi connectivity index (χ1) is 13.1. The summed E-state index contributed by atoms with van der Waals surface area (Å²) in [7, 11) is 0. The zero-order chi connectivity index (χ0) is 18.8. The Kier molecular flexibility index (Phi) is 5.61. The van der Waals surface area contributed by atoms with Crippen molar-refractivity contribution in [3.63, 3.8) is 0 Å². The normalized spacial score (nSPS) is 20.8. The van der Waals surface area contributed by atoms with Crippen LogP contribution in [0.5, 0.6) is 0 Å². The van der Waals surface area contributed by atoms with Crippen molar-refractivity contribution in [1.29, 1.82) is 0 Å². The third-order valence-electron chi connectivity index (χ3n) is 4.91. The van der Waals surface area contributed by atoms with Crippen LogP contribution in [0.15, 0.2) is 23.2 Å². The number of ether oxygens (including phenoxy) is 1. The molecule has 0 spiro atoms. The lowest BCUT2D eigenvalue weighted by Gasteiger charge is -2.24. The number of aromatic amines is 1. The molecule has 1 unspecified atom stereocenters. The summed E-state index contributed by atoms with van der Waals surface area (Å²) in [6.45, 7) is 1.56. The van der Waals surface area contributed by atoms with Crippen molar-refractivity contribution in [2.75, 3.05) is 24.3 Å². The molecule has 2 aliphatic rings. The van der Waals surface area contributed by atoms with Gasteiger partial charge in [-0.3, -0.25) is 9.79 Å². The Labute approximate surface area is 166 Å². The fourth-order valence-electron chi connectivity index (χ4n) is 3.50. The maximum atomic E-state index is 10.8. The molecule has 3 heterocycles. The third kappa shape index (κ3) is 4.42. The maximum absolute atomic E-state index is 10.8. The number of carbonyl (C=O) groups is 1. The second-order valence-electron chi connectivity index (χ2n) is 6.96. The molecule has 6 nitrogen and oxygen atoms in total. The van der Waals surface area contributed by atoms with E-state index < -0.39 is 5.97 Å². The molecule has 0 bridgehead atoms. The number of carboxylic acid groups (broad SMARTS) is 1. The number of fused-ring (bicyclic) bond motifs is 1. The van der Waals surface area contributed by atoms with Crippen molar-refractivity contribution in [3.8, 4) is 0 Å². The van der Waals surface area contributed by atoms with E-state index in [1.54, 1.807) is 11.8 Å². The predicted octanol–water partition coefficient (Wildman–Crippen LogP) is 4.14. The number of thioether (sulfide) groups is 1. The van der Waals surface area contributed by atoms with Gasteiger partial charge < -0.3 is 20.1 Å². The van der Waals surface area contributed by atoms with Gasteiger partial charge in [-0.05, 0) is 37.5 Å². The Morgan fingerprint density at radius 1 is 1.37 bits per heavy atom. The molecular weight excluding hydrogens is 386 g/mol. The number of aromatic nitrogens is 1. The fraction of sp³-hybridized carbons (Fsp3) is 0.474. The highest BCUT2D eigenvalue weighted by Crippen LogP contribution is 2.33. The SMILES string of the molecule is O=C(O)CCC1CSC(c2cc3cc(Cl)cc(NC4CCOCC4)c3[nH]2)=N1. The van der Waals surface area contributed by atoms with Crippen molar-refractivity contribution in [2.45, 2.75) is 37.8 Å². The molecule has 8 heteroatoms. The number of anilines is 1. The van der Waals surface area contributed by atoms with Crippen LogP contribution in [0.25, 0.3) is 10.9 Å². The predicted molar refractivity (Wildman–Crippen MR) is 110 cm³/mol. The highest BCUT2D eigenvalue weighted by Gasteiger charge is 2.22. The molecule has 0 radical (unpaired) electrons. The van der Waals surface area contributed by atoms with Gasteiger partial charge in [0, 0.05) is 41.8 Å². The van der Waals surface area contributed by atoms with Crippen LogP contribution < -0.4 is 5.32 Å². The minimum atomic E-state index is -0.771. The number of carboxylic acids is 1. The molecule has 2 aliphatic heterocycles. The molecule has 3 N–H and O–H groups in total. The second kappa shape index (κ2) is 8.12. The number of nitrogens with zero attached hydrogens (tertiary/aromatic N) is 1. The van der Waals surface area contributed by atoms with Crippen molar-refractivity contribution >= 4 is 51.0 Å². The Morgan fingerprint density at radius 2 is 2.19 bits per heavy atom. The van der Waals surface area contributed by atoms with E-state index in [-0.39, 0.29) is 12.5 Å². The number of aliphatic carboxylic acids is 1. The highest BCUT2D eigenvalue weighted by molar-refractivity contribution is 8.14. The van der Waals surface area contributed by atoms with Gasteiger partial charge in [0.2, 0.25) is 0 Å². The Bertz CT molecular complexity index is 876. The lowest BCUT2D eigenvalue weighted by atomic mass is 10.1. The van der Waals surface area contributed by atoms with Crippen molar-refractivity contribution in [2.24, 2.45) is 4.99 Å². The molecule has 1 aromatic carbocycles. The molecule has 1 fully saturated rings. The first-order valence-corrected chi connectivity index (χ1v) is 10.5. The monoisotopic (exact) mass is 407 g/mol. The summed E-state index contributed by atoms with van der Waals surface area (Å²) >= 11 is 8.01. The van der Waals surface area contributed by atoms with Gasteiger partial charge in [-0.2, -0.15) is 0 Å². The standard InChI is InChI=1S/C19H22ClN3O3S/c20-12-7-11-8-16(19-22-14(10-27-19)1-2-17(24)25)23-18(11)15(9-12)21-13-3-5-26-6-4-13/h7-9,13-14,21,23H,1-6,10H2,(H,24,25). The molecule has 0 saturated carbocycles. The van der Waals surface area contributed by atoms with Gasteiger partial charge in [0.05, 0.1) is 22.9 Å². The minimum absolute atomic E-state index is 0.0657. The molecule has 0 amide bonds. The van der Waals surface area contributed by atoms with E-state index in [1.165, 1.54) is 0 Å². The van der Waals surface area contributed by atoms with E-state index in [2.05, 4.69) is 16.4 Å². The number of hydrogen-bond donors (Lipinski definition) is 3. The van der Waals surface area contributed by atoms with Crippen molar-refractivity contribution < 1.29 is 14.6 Å². The first kappa shape index (κ1) is 18.7. The largest absolute Gasteiger partial charge is 0.481 e. The Balaban J connectivity index is 1.57. The summed E-state index contributed by atoms with van der Waals surface area (Å²) in [6.07, 6.45) is 2.70. The number of hydrogen-bond acceptors (Lipinski definition) is 5. The Morgan fingerprint density at radius 3 is 2.96 bits per heavy atom. The van der Waals surface area contributed by atoms with Crippen LogP contribution in [0, 0.1) is 0 Å². The van der Waals surface area contributed by atoms with E-state index in [4.69, 9.17) is 26.4 Å². The van der Waals surface area contributed by atoms with Crippen LogP contribution in [0.2, 0.25) is 5.02 Å². The summed E-state index contributed by atoms with van der Waals surface area (Å²) in [6, 6.07) is 6.43. The molecule has 1 aromatic heterocycles. The molecule has 144 valence electrons. The number of aliphatic imine (C=N–C) groups is 1. The molecule has 1 saturated heterocycles. The number of halogens is 1. The van der Waals surface area contributed by atoms with Crippen LogP contribution in [0.4, 0.5) is 5.69 Å². The molecule has 4 rings (SSSR count). The third-order valence-corrected chi connectivity index (χ3v) is 6.28. The van der Waals surface area contributed by atoms with Crippen molar-refractivity contribution in [1.82, 2.24) is 4.98 Å². The number of nitrogens with one attached hydrogen (secondary N) is 2. The van der Waals surface area contributed by atoms with Gasteiger partial charge in [-0.25, -0.2) is 0 Å². The lowest BCUT2D eigenvalue weighted by molar-refractivity contribution is -0.137. The van der Waals surface area contributed by atoms with Crippen LogP contribution >= 0.6 is 23.4 Å². The Hall–Kier alpha value is -1.70. The van der Waals surface area contributed by atoms with Crippen molar-refractivity contribution in [3.05, 3.63) is 28.9 Å². The van der Waals surface area contributed by atoms with Gasteiger partial charge in [0.25, 0.3) is 0 Å². The zero-order valence-electron chi connectivity index (χ0n) is 14.8. The van der Waals surface area contributed by atoms with Gasteiger partial charge in [-0.15, -0.1) is 11.8 Å². The summed E-state index contributed by atoms with van der Waals surface area (Å²) in [5, 5.41) is 15.1.